The minimum Gasteiger partial charge on any atom is -0.356 e. The molecule has 0 saturated heterocycles. The summed E-state index contributed by atoms with van der Waals surface area (Å²) in [6.07, 6.45) is 3.78. The molecule has 0 aromatic carbocycles. The largest absolute Gasteiger partial charge is 0.356 e. The summed E-state index contributed by atoms with van der Waals surface area (Å²) in [6.45, 7) is 1.45. The van der Waals surface area contributed by atoms with Gasteiger partial charge < -0.3 is 10.6 Å². The molecule has 0 aliphatic carbocycles. The summed E-state index contributed by atoms with van der Waals surface area (Å²) in [4.78, 5) is 9.39. The maximum atomic E-state index is 12.0. The van der Waals surface area contributed by atoms with E-state index in [4.69, 9.17) is 0 Å². The molecule has 2 rings (SSSR count). The van der Waals surface area contributed by atoms with Crippen molar-refractivity contribution in [2.45, 2.75) is 11.3 Å². The summed E-state index contributed by atoms with van der Waals surface area (Å²) in [5.74, 6) is 0.645. The molecular formula is C15H21N5O2S2. The van der Waals surface area contributed by atoms with E-state index >= 15 is 0 Å². The third-order valence-electron chi connectivity index (χ3n) is 3.12. The Morgan fingerprint density at radius 2 is 2.04 bits per heavy atom. The SMILES string of the molecule is CN=C(NCCNS(=O)(=O)c1cccnc1)NCCc1cccs1. The quantitative estimate of drug-likeness (QED) is 0.365. The van der Waals surface area contributed by atoms with Gasteiger partial charge in [-0.3, -0.25) is 9.98 Å². The predicted octanol–water partition coefficient (Wildman–Crippen LogP) is 0.829. The Morgan fingerprint density at radius 3 is 2.71 bits per heavy atom. The van der Waals surface area contributed by atoms with E-state index in [1.807, 2.05) is 6.07 Å². The Kier molecular flexibility index (Phi) is 7.16. The lowest BCUT2D eigenvalue weighted by Gasteiger charge is -2.12. The zero-order valence-electron chi connectivity index (χ0n) is 13.4. The fourth-order valence-electron chi connectivity index (χ4n) is 1.94. The minimum absolute atomic E-state index is 0.156. The first-order valence-corrected chi connectivity index (χ1v) is 9.85. The molecule has 2 aromatic heterocycles. The molecule has 0 atom stereocenters. The highest BCUT2D eigenvalue weighted by Crippen LogP contribution is 2.08. The van der Waals surface area contributed by atoms with Gasteiger partial charge in [0.15, 0.2) is 5.96 Å². The van der Waals surface area contributed by atoms with Crippen LogP contribution in [0.3, 0.4) is 0 Å². The summed E-state index contributed by atoms with van der Waals surface area (Å²) in [7, 11) is -1.84. The van der Waals surface area contributed by atoms with Gasteiger partial charge in [-0.15, -0.1) is 11.3 Å². The van der Waals surface area contributed by atoms with E-state index < -0.39 is 10.0 Å². The number of thiophene rings is 1. The molecule has 24 heavy (non-hydrogen) atoms. The van der Waals surface area contributed by atoms with E-state index in [2.05, 4.69) is 36.8 Å². The molecule has 0 aliphatic rings. The Hall–Kier alpha value is -1.97. The van der Waals surface area contributed by atoms with Crippen LogP contribution in [-0.2, 0) is 16.4 Å². The fourth-order valence-corrected chi connectivity index (χ4v) is 3.64. The van der Waals surface area contributed by atoms with Gasteiger partial charge in [-0.2, -0.15) is 0 Å². The summed E-state index contributed by atoms with van der Waals surface area (Å²) in [5.41, 5.74) is 0. The minimum atomic E-state index is -3.52. The average Bonchev–Trinajstić information content (AvgIpc) is 3.11. The lowest BCUT2D eigenvalue weighted by atomic mass is 10.3. The molecule has 0 saturated carbocycles. The highest BCUT2D eigenvalue weighted by Gasteiger charge is 2.12. The van der Waals surface area contributed by atoms with Gasteiger partial charge >= 0.3 is 0 Å². The number of hydrogen-bond donors (Lipinski definition) is 3. The molecule has 0 unspecified atom stereocenters. The predicted molar refractivity (Wildman–Crippen MR) is 96.8 cm³/mol. The van der Waals surface area contributed by atoms with Crippen LogP contribution in [0.2, 0.25) is 0 Å². The highest BCUT2D eigenvalue weighted by atomic mass is 32.2. The van der Waals surface area contributed by atoms with Gasteiger partial charge in [0, 0.05) is 44.0 Å². The summed E-state index contributed by atoms with van der Waals surface area (Å²) in [5, 5.41) is 8.32. The molecule has 0 bridgehead atoms. The first-order chi connectivity index (χ1) is 11.6. The molecule has 0 aliphatic heterocycles. The third-order valence-corrected chi connectivity index (χ3v) is 5.50. The zero-order chi connectivity index (χ0) is 17.3. The van der Waals surface area contributed by atoms with Crippen molar-refractivity contribution in [2.75, 3.05) is 26.7 Å². The summed E-state index contributed by atoms with van der Waals surface area (Å²) < 4.78 is 26.6. The number of aromatic nitrogens is 1. The van der Waals surface area contributed by atoms with Crippen LogP contribution in [0.15, 0.2) is 51.9 Å². The second kappa shape index (κ2) is 9.36. The second-order valence-corrected chi connectivity index (χ2v) is 7.64. The van der Waals surface area contributed by atoms with Crippen LogP contribution >= 0.6 is 11.3 Å². The molecule has 0 fully saturated rings. The number of pyridine rings is 1. The van der Waals surface area contributed by atoms with Gasteiger partial charge in [-0.1, -0.05) is 6.07 Å². The molecule has 130 valence electrons. The zero-order valence-corrected chi connectivity index (χ0v) is 15.0. The molecule has 3 N–H and O–H groups in total. The number of hydrogen-bond acceptors (Lipinski definition) is 5. The number of nitrogens with zero attached hydrogens (tertiary/aromatic N) is 2. The molecule has 0 spiro atoms. The summed E-state index contributed by atoms with van der Waals surface area (Å²) in [6, 6.07) is 7.22. The van der Waals surface area contributed by atoms with Gasteiger partial charge in [0.05, 0.1) is 0 Å². The lowest BCUT2D eigenvalue weighted by molar-refractivity contribution is 0.580. The van der Waals surface area contributed by atoms with Gasteiger partial charge in [0.25, 0.3) is 0 Å². The molecule has 7 nitrogen and oxygen atoms in total. The molecule has 0 amide bonds. The lowest BCUT2D eigenvalue weighted by Crippen LogP contribution is -2.42. The molecular weight excluding hydrogens is 346 g/mol. The van der Waals surface area contributed by atoms with Crippen LogP contribution in [0.25, 0.3) is 0 Å². The van der Waals surface area contributed by atoms with Crippen LogP contribution in [0, 0.1) is 0 Å². The Morgan fingerprint density at radius 1 is 1.21 bits per heavy atom. The van der Waals surface area contributed by atoms with Crippen LogP contribution < -0.4 is 15.4 Å². The van der Waals surface area contributed by atoms with Crippen molar-refractivity contribution in [3.8, 4) is 0 Å². The van der Waals surface area contributed by atoms with Crippen LogP contribution in [0.4, 0.5) is 0 Å². The van der Waals surface area contributed by atoms with Crippen molar-refractivity contribution in [1.29, 1.82) is 0 Å². The molecule has 0 radical (unpaired) electrons. The normalized spacial score (nSPS) is 12.1. The number of sulfonamides is 1. The Labute approximate surface area is 146 Å². The highest BCUT2D eigenvalue weighted by molar-refractivity contribution is 7.89. The fraction of sp³-hybridized carbons (Fsp3) is 0.333. The van der Waals surface area contributed by atoms with E-state index in [0.29, 0.717) is 12.5 Å². The van der Waals surface area contributed by atoms with Gasteiger partial charge in [0.1, 0.15) is 4.90 Å². The first-order valence-electron chi connectivity index (χ1n) is 7.48. The van der Waals surface area contributed by atoms with E-state index in [9.17, 15) is 8.42 Å². The molecule has 9 heteroatoms. The van der Waals surface area contributed by atoms with Crippen LogP contribution in [0.1, 0.15) is 4.88 Å². The van der Waals surface area contributed by atoms with Gasteiger partial charge in [-0.25, -0.2) is 13.1 Å². The van der Waals surface area contributed by atoms with Crippen molar-refractivity contribution >= 4 is 27.3 Å². The number of guanidine groups is 1. The van der Waals surface area contributed by atoms with E-state index in [-0.39, 0.29) is 11.4 Å². The van der Waals surface area contributed by atoms with Gasteiger partial charge in [0.2, 0.25) is 10.0 Å². The van der Waals surface area contributed by atoms with Crippen LogP contribution in [-0.4, -0.2) is 46.0 Å². The van der Waals surface area contributed by atoms with E-state index in [1.54, 1.807) is 24.5 Å². The Balaban J connectivity index is 1.68. The maximum absolute atomic E-state index is 12.0. The second-order valence-electron chi connectivity index (χ2n) is 4.84. The number of rotatable bonds is 8. The third kappa shape index (κ3) is 5.91. The van der Waals surface area contributed by atoms with Crippen LogP contribution in [0.5, 0.6) is 0 Å². The number of aliphatic imine (C=N–C) groups is 1. The standard InChI is InChI=1S/C15H21N5O2S2/c1-16-15(18-8-6-13-4-3-11-23-13)19-9-10-20-24(21,22)14-5-2-7-17-12-14/h2-5,7,11-12,20H,6,8-10H2,1H3,(H2,16,18,19). The van der Waals surface area contributed by atoms with E-state index in [1.165, 1.54) is 23.3 Å². The number of nitrogens with one attached hydrogen (secondary N) is 3. The Bertz CT molecular complexity index is 730. The van der Waals surface area contributed by atoms with Crippen molar-refractivity contribution in [2.24, 2.45) is 4.99 Å². The molecule has 2 heterocycles. The van der Waals surface area contributed by atoms with Crippen molar-refractivity contribution < 1.29 is 8.42 Å². The van der Waals surface area contributed by atoms with Crippen molar-refractivity contribution in [3.63, 3.8) is 0 Å². The average molecular weight is 368 g/mol. The molecule has 2 aromatic rings. The monoisotopic (exact) mass is 367 g/mol. The topological polar surface area (TPSA) is 95.5 Å². The van der Waals surface area contributed by atoms with Gasteiger partial charge in [-0.05, 0) is 30.0 Å². The van der Waals surface area contributed by atoms with Crippen molar-refractivity contribution in [1.82, 2.24) is 20.3 Å². The smallest absolute Gasteiger partial charge is 0.242 e. The van der Waals surface area contributed by atoms with Crippen molar-refractivity contribution in [3.05, 3.63) is 46.9 Å². The summed E-state index contributed by atoms with van der Waals surface area (Å²) >= 11 is 1.72. The maximum Gasteiger partial charge on any atom is 0.242 e. The first kappa shape index (κ1) is 18.4. The van der Waals surface area contributed by atoms with E-state index in [0.717, 1.165) is 13.0 Å².